The molecule has 2 heterocycles. The van der Waals surface area contributed by atoms with Crippen LogP contribution < -0.4 is 5.32 Å². The van der Waals surface area contributed by atoms with Gasteiger partial charge in [0.25, 0.3) is 0 Å². The monoisotopic (exact) mass is 265 g/mol. The van der Waals surface area contributed by atoms with Gasteiger partial charge in [-0.15, -0.1) is 0 Å². The molecule has 19 heavy (non-hydrogen) atoms. The smallest absolute Gasteiger partial charge is 0.404 e. The summed E-state index contributed by atoms with van der Waals surface area (Å²) in [4.78, 5) is 12.7. The fraction of sp³-hybridized carbons (Fsp3) is 0.692. The summed E-state index contributed by atoms with van der Waals surface area (Å²) in [5, 5.41) is 14.1. The van der Waals surface area contributed by atoms with Crippen LogP contribution in [0.1, 0.15) is 31.1 Å². The molecule has 1 saturated carbocycles. The van der Waals surface area contributed by atoms with Crippen LogP contribution in [0.15, 0.2) is 16.5 Å². The summed E-state index contributed by atoms with van der Waals surface area (Å²) in [5.41, 5.74) is 0. The first-order valence-corrected chi connectivity index (χ1v) is 6.93. The fourth-order valence-electron chi connectivity index (χ4n) is 2.73. The van der Waals surface area contributed by atoms with Gasteiger partial charge in [-0.25, -0.2) is 0 Å². The Morgan fingerprint density at radius 1 is 1.42 bits per heavy atom. The molecule has 6 nitrogen and oxygen atoms in total. The maximum atomic E-state index is 10.7. The molecule has 2 fully saturated rings. The van der Waals surface area contributed by atoms with Gasteiger partial charge in [-0.2, -0.15) is 0 Å². The molecule has 0 aromatic carbocycles. The van der Waals surface area contributed by atoms with Crippen LogP contribution in [-0.2, 0) is 0 Å². The maximum absolute atomic E-state index is 10.7. The number of nitrogens with zero attached hydrogens (tertiary/aromatic N) is 2. The highest BCUT2D eigenvalue weighted by atomic mass is 16.6. The Kier molecular flexibility index (Phi) is 3.52. The molecule has 1 N–H and O–H groups in total. The lowest BCUT2D eigenvalue weighted by atomic mass is 10.1. The average molecular weight is 265 g/mol. The molecule has 1 aromatic heterocycles. The third-order valence-corrected chi connectivity index (χ3v) is 3.97. The minimum atomic E-state index is -0.463. The van der Waals surface area contributed by atoms with E-state index in [0.29, 0.717) is 0 Å². The first-order chi connectivity index (χ1) is 9.24. The topological polar surface area (TPSA) is 71.6 Å². The zero-order chi connectivity index (χ0) is 13.2. The Morgan fingerprint density at radius 2 is 2.16 bits per heavy atom. The molecule has 0 amide bonds. The van der Waals surface area contributed by atoms with Gasteiger partial charge in [-0.05, 0) is 18.4 Å². The number of furan rings is 1. The number of rotatable bonds is 5. The first kappa shape index (κ1) is 12.6. The second-order valence-electron chi connectivity index (χ2n) is 5.41. The summed E-state index contributed by atoms with van der Waals surface area (Å²) in [6.07, 6.45) is 3.63. The molecule has 0 bridgehead atoms. The summed E-state index contributed by atoms with van der Waals surface area (Å²) in [5.74, 6) is 1.37. The molecule has 1 aromatic rings. The van der Waals surface area contributed by atoms with Gasteiger partial charge < -0.3 is 9.73 Å². The van der Waals surface area contributed by atoms with E-state index in [-0.39, 0.29) is 11.9 Å². The molecule has 104 valence electrons. The van der Waals surface area contributed by atoms with Crippen LogP contribution >= 0.6 is 0 Å². The van der Waals surface area contributed by atoms with E-state index in [0.717, 1.165) is 44.3 Å². The highest BCUT2D eigenvalue weighted by molar-refractivity contribution is 5.20. The molecule has 2 aliphatic rings. The number of nitrogens with one attached hydrogen (secondary N) is 1. The van der Waals surface area contributed by atoms with Crippen molar-refractivity contribution in [2.75, 3.05) is 26.2 Å². The second-order valence-corrected chi connectivity index (χ2v) is 5.41. The van der Waals surface area contributed by atoms with Gasteiger partial charge >= 0.3 is 5.88 Å². The van der Waals surface area contributed by atoms with E-state index in [9.17, 15) is 10.1 Å². The molecule has 1 aliphatic heterocycles. The van der Waals surface area contributed by atoms with E-state index in [4.69, 9.17) is 4.42 Å². The number of piperazine rings is 1. The SMILES string of the molecule is O=[N+]([O-])c1ccc([C@@H](CC2CC2)N2CCNCC2)o1. The van der Waals surface area contributed by atoms with Crippen LogP contribution in [0.4, 0.5) is 5.88 Å². The maximum Gasteiger partial charge on any atom is 0.433 e. The van der Waals surface area contributed by atoms with Crippen molar-refractivity contribution in [2.45, 2.75) is 25.3 Å². The van der Waals surface area contributed by atoms with Crippen LogP contribution in [0.2, 0.25) is 0 Å². The molecule has 0 unspecified atom stereocenters. The van der Waals surface area contributed by atoms with E-state index in [1.54, 1.807) is 6.07 Å². The van der Waals surface area contributed by atoms with Gasteiger partial charge in [0.05, 0.1) is 12.1 Å². The van der Waals surface area contributed by atoms with Crippen molar-refractivity contribution >= 4 is 5.88 Å². The van der Waals surface area contributed by atoms with Gasteiger partial charge in [-0.3, -0.25) is 15.0 Å². The zero-order valence-electron chi connectivity index (χ0n) is 10.9. The minimum absolute atomic E-state index is 0.147. The van der Waals surface area contributed by atoms with Crippen LogP contribution in [-0.4, -0.2) is 36.0 Å². The van der Waals surface area contributed by atoms with Crippen molar-refractivity contribution in [1.29, 1.82) is 0 Å². The highest BCUT2D eigenvalue weighted by Gasteiger charge is 2.32. The summed E-state index contributed by atoms with van der Waals surface area (Å²) in [7, 11) is 0. The predicted molar refractivity (Wildman–Crippen MR) is 69.9 cm³/mol. The first-order valence-electron chi connectivity index (χ1n) is 6.93. The average Bonchev–Trinajstić information content (AvgIpc) is 3.11. The van der Waals surface area contributed by atoms with Gasteiger partial charge in [0.1, 0.15) is 10.7 Å². The van der Waals surface area contributed by atoms with Crippen molar-refractivity contribution in [2.24, 2.45) is 5.92 Å². The Labute approximate surface area is 111 Å². The lowest BCUT2D eigenvalue weighted by Crippen LogP contribution is -2.45. The van der Waals surface area contributed by atoms with Crippen LogP contribution in [0.25, 0.3) is 0 Å². The third kappa shape index (κ3) is 2.96. The molecular weight excluding hydrogens is 246 g/mol. The van der Waals surface area contributed by atoms with Gasteiger partial charge in [0, 0.05) is 26.2 Å². The van der Waals surface area contributed by atoms with Crippen molar-refractivity contribution in [3.8, 4) is 0 Å². The number of hydrogen-bond acceptors (Lipinski definition) is 5. The minimum Gasteiger partial charge on any atom is -0.404 e. The fourth-order valence-corrected chi connectivity index (χ4v) is 2.73. The van der Waals surface area contributed by atoms with Crippen molar-refractivity contribution in [3.05, 3.63) is 28.0 Å². The van der Waals surface area contributed by atoms with E-state index in [2.05, 4.69) is 10.2 Å². The van der Waals surface area contributed by atoms with Crippen LogP contribution in [0.3, 0.4) is 0 Å². The Hall–Kier alpha value is -1.40. The number of nitro groups is 1. The van der Waals surface area contributed by atoms with E-state index < -0.39 is 4.92 Å². The lowest BCUT2D eigenvalue weighted by molar-refractivity contribution is -0.402. The quantitative estimate of drug-likeness (QED) is 0.650. The van der Waals surface area contributed by atoms with Crippen molar-refractivity contribution in [1.82, 2.24) is 10.2 Å². The molecule has 1 saturated heterocycles. The largest absolute Gasteiger partial charge is 0.433 e. The molecule has 1 aliphatic carbocycles. The van der Waals surface area contributed by atoms with E-state index in [1.807, 2.05) is 0 Å². The van der Waals surface area contributed by atoms with Crippen LogP contribution in [0.5, 0.6) is 0 Å². The lowest BCUT2D eigenvalue weighted by Gasteiger charge is -2.33. The third-order valence-electron chi connectivity index (χ3n) is 3.97. The Bertz CT molecular complexity index is 450. The van der Waals surface area contributed by atoms with Crippen molar-refractivity contribution in [3.63, 3.8) is 0 Å². The summed E-state index contributed by atoms with van der Waals surface area (Å²) < 4.78 is 5.43. The molecule has 0 radical (unpaired) electrons. The Balaban J connectivity index is 1.77. The van der Waals surface area contributed by atoms with Crippen molar-refractivity contribution < 1.29 is 9.34 Å². The predicted octanol–water partition coefficient (Wildman–Crippen LogP) is 1.93. The van der Waals surface area contributed by atoms with Crippen LogP contribution in [0, 0.1) is 16.0 Å². The second kappa shape index (κ2) is 5.30. The van der Waals surface area contributed by atoms with Gasteiger partial charge in [-0.1, -0.05) is 12.8 Å². The molecular formula is C13H19N3O3. The molecule has 3 rings (SSSR count). The summed E-state index contributed by atoms with van der Waals surface area (Å²) in [6.45, 7) is 3.91. The number of hydrogen-bond donors (Lipinski definition) is 1. The zero-order valence-corrected chi connectivity index (χ0v) is 10.9. The Morgan fingerprint density at radius 3 is 2.74 bits per heavy atom. The normalized spacial score (nSPS) is 22.3. The molecule has 6 heteroatoms. The molecule has 1 atom stereocenters. The van der Waals surface area contributed by atoms with E-state index >= 15 is 0 Å². The summed E-state index contributed by atoms with van der Waals surface area (Å²) >= 11 is 0. The molecule has 0 spiro atoms. The standard InChI is InChI=1S/C13H19N3O3/c17-16(18)13-4-3-12(19-13)11(9-10-1-2-10)15-7-5-14-6-8-15/h3-4,10-11,14H,1-2,5-9H2/t11-/m1/s1. The van der Waals surface area contributed by atoms with Gasteiger partial charge in [0.2, 0.25) is 0 Å². The van der Waals surface area contributed by atoms with E-state index in [1.165, 1.54) is 18.9 Å². The highest BCUT2D eigenvalue weighted by Crippen LogP contribution is 2.41. The summed E-state index contributed by atoms with van der Waals surface area (Å²) in [6, 6.07) is 3.44. The van der Waals surface area contributed by atoms with Gasteiger partial charge in [0.15, 0.2) is 0 Å².